The number of nitrogens with one attached hydrogen (secondary N) is 1. The molecule has 2 aromatic carbocycles. The molecule has 1 N–H and O–H groups in total. The van der Waals surface area contributed by atoms with E-state index in [4.69, 9.17) is 0 Å². The molecule has 2 aromatic rings. The maximum Gasteiger partial charge on any atom is 0.266 e. The Morgan fingerprint density at radius 2 is 1.84 bits per heavy atom. The SMILES string of the molecule is CC(C)N(Cc1ccccc1)C(=O)/C(C#N)=C\Nc1ccccc1F. The highest BCUT2D eigenvalue weighted by Gasteiger charge is 2.21. The van der Waals surface area contributed by atoms with E-state index in [1.54, 1.807) is 17.0 Å². The molecule has 0 bridgehead atoms. The first kappa shape index (κ1) is 18.2. The van der Waals surface area contributed by atoms with E-state index in [0.717, 1.165) is 5.56 Å². The van der Waals surface area contributed by atoms with Gasteiger partial charge in [0.15, 0.2) is 0 Å². The van der Waals surface area contributed by atoms with E-state index in [1.165, 1.54) is 18.3 Å². The largest absolute Gasteiger partial charge is 0.358 e. The molecule has 0 aromatic heterocycles. The van der Waals surface area contributed by atoms with Gasteiger partial charge in [0.25, 0.3) is 5.91 Å². The Morgan fingerprint density at radius 1 is 1.20 bits per heavy atom. The Kier molecular flexibility index (Phi) is 6.30. The first-order chi connectivity index (χ1) is 12.0. The van der Waals surface area contributed by atoms with E-state index in [9.17, 15) is 14.4 Å². The van der Waals surface area contributed by atoms with Gasteiger partial charge in [-0.3, -0.25) is 4.79 Å². The minimum atomic E-state index is -0.450. The predicted octanol–water partition coefficient (Wildman–Crippen LogP) is 4.08. The number of para-hydroxylation sites is 1. The Hall–Kier alpha value is -3.13. The first-order valence-corrected chi connectivity index (χ1v) is 7.99. The molecule has 0 radical (unpaired) electrons. The standard InChI is InChI=1S/C20H20FN3O/c1-15(2)24(14-16-8-4-3-5-9-16)20(25)17(12-22)13-23-19-11-7-6-10-18(19)21/h3-11,13,15,23H,14H2,1-2H3/b17-13-. The summed E-state index contributed by atoms with van der Waals surface area (Å²) in [7, 11) is 0. The molecule has 1 amide bonds. The number of hydrogen-bond donors (Lipinski definition) is 1. The van der Waals surface area contributed by atoms with Gasteiger partial charge in [0.05, 0.1) is 5.69 Å². The fourth-order valence-corrected chi connectivity index (χ4v) is 2.29. The fourth-order valence-electron chi connectivity index (χ4n) is 2.29. The van der Waals surface area contributed by atoms with Crippen molar-refractivity contribution in [3.05, 3.63) is 77.8 Å². The van der Waals surface area contributed by atoms with Crippen LogP contribution in [0.5, 0.6) is 0 Å². The second kappa shape index (κ2) is 8.65. The van der Waals surface area contributed by atoms with Crippen molar-refractivity contribution in [2.75, 3.05) is 5.32 Å². The molecular weight excluding hydrogens is 317 g/mol. The number of halogens is 1. The fraction of sp³-hybridized carbons (Fsp3) is 0.200. The molecule has 0 heterocycles. The van der Waals surface area contributed by atoms with Crippen molar-refractivity contribution in [3.8, 4) is 6.07 Å². The lowest BCUT2D eigenvalue weighted by atomic mass is 10.1. The summed E-state index contributed by atoms with van der Waals surface area (Å²) in [6, 6.07) is 17.5. The summed E-state index contributed by atoms with van der Waals surface area (Å²) in [6.45, 7) is 4.18. The third kappa shape index (κ3) is 4.92. The monoisotopic (exact) mass is 337 g/mol. The van der Waals surface area contributed by atoms with Gasteiger partial charge < -0.3 is 10.2 Å². The first-order valence-electron chi connectivity index (χ1n) is 7.99. The quantitative estimate of drug-likeness (QED) is 0.638. The van der Waals surface area contributed by atoms with Crippen LogP contribution >= 0.6 is 0 Å². The second-order valence-electron chi connectivity index (χ2n) is 5.81. The van der Waals surface area contributed by atoms with Gasteiger partial charge in [0.2, 0.25) is 0 Å². The lowest BCUT2D eigenvalue weighted by Crippen LogP contribution is -2.37. The van der Waals surface area contributed by atoms with Gasteiger partial charge in [-0.15, -0.1) is 0 Å². The Labute approximate surface area is 147 Å². The van der Waals surface area contributed by atoms with Gasteiger partial charge in [-0.2, -0.15) is 5.26 Å². The van der Waals surface area contributed by atoms with E-state index in [-0.39, 0.29) is 17.3 Å². The number of amides is 1. The zero-order chi connectivity index (χ0) is 18.2. The van der Waals surface area contributed by atoms with Crippen molar-refractivity contribution < 1.29 is 9.18 Å². The molecule has 0 unspecified atom stereocenters. The molecule has 0 atom stereocenters. The summed E-state index contributed by atoms with van der Waals surface area (Å²) >= 11 is 0. The number of anilines is 1. The summed E-state index contributed by atoms with van der Waals surface area (Å²) in [6.07, 6.45) is 1.25. The average Bonchev–Trinajstić information content (AvgIpc) is 2.62. The van der Waals surface area contributed by atoms with Crippen LogP contribution in [0.25, 0.3) is 0 Å². The summed E-state index contributed by atoms with van der Waals surface area (Å²) < 4.78 is 13.6. The summed E-state index contributed by atoms with van der Waals surface area (Å²) in [5.41, 5.74) is 1.11. The number of hydrogen-bond acceptors (Lipinski definition) is 3. The minimum Gasteiger partial charge on any atom is -0.358 e. The van der Waals surface area contributed by atoms with Crippen LogP contribution in [0.4, 0.5) is 10.1 Å². The molecule has 0 saturated heterocycles. The van der Waals surface area contributed by atoms with Crippen LogP contribution in [0, 0.1) is 17.1 Å². The number of carbonyl (C=O) groups excluding carboxylic acids is 1. The zero-order valence-electron chi connectivity index (χ0n) is 14.2. The van der Waals surface area contributed by atoms with E-state index in [1.807, 2.05) is 50.2 Å². The molecular formula is C20H20FN3O. The van der Waals surface area contributed by atoms with Crippen molar-refractivity contribution in [1.82, 2.24) is 4.90 Å². The molecule has 5 heteroatoms. The molecule has 0 aliphatic rings. The predicted molar refractivity (Wildman–Crippen MR) is 95.8 cm³/mol. The van der Waals surface area contributed by atoms with Crippen molar-refractivity contribution in [2.45, 2.75) is 26.4 Å². The van der Waals surface area contributed by atoms with Gasteiger partial charge in [-0.05, 0) is 31.5 Å². The summed E-state index contributed by atoms with van der Waals surface area (Å²) in [5, 5.41) is 12.0. The third-order valence-corrected chi connectivity index (χ3v) is 3.68. The van der Waals surface area contributed by atoms with Gasteiger partial charge in [-0.25, -0.2) is 4.39 Å². The van der Waals surface area contributed by atoms with Crippen LogP contribution in [-0.2, 0) is 11.3 Å². The molecule has 4 nitrogen and oxygen atoms in total. The zero-order valence-corrected chi connectivity index (χ0v) is 14.2. The van der Waals surface area contributed by atoms with Gasteiger partial charge in [0.1, 0.15) is 17.5 Å². The summed E-state index contributed by atoms with van der Waals surface area (Å²) in [5.74, 6) is -0.848. The highest BCUT2D eigenvalue weighted by atomic mass is 19.1. The molecule has 0 spiro atoms. The molecule has 0 aliphatic carbocycles. The van der Waals surface area contributed by atoms with Crippen LogP contribution in [0.15, 0.2) is 66.4 Å². The second-order valence-corrected chi connectivity index (χ2v) is 5.81. The normalized spacial score (nSPS) is 11.1. The van der Waals surface area contributed by atoms with E-state index in [0.29, 0.717) is 6.54 Å². The van der Waals surface area contributed by atoms with Crippen molar-refractivity contribution in [1.29, 1.82) is 5.26 Å². The highest BCUT2D eigenvalue weighted by molar-refractivity contribution is 5.97. The molecule has 128 valence electrons. The number of rotatable bonds is 6. The lowest BCUT2D eigenvalue weighted by Gasteiger charge is -2.26. The van der Waals surface area contributed by atoms with Crippen LogP contribution in [0.3, 0.4) is 0 Å². The van der Waals surface area contributed by atoms with Gasteiger partial charge >= 0.3 is 0 Å². The van der Waals surface area contributed by atoms with Crippen LogP contribution in [-0.4, -0.2) is 16.8 Å². The van der Waals surface area contributed by atoms with Crippen molar-refractivity contribution in [3.63, 3.8) is 0 Å². The lowest BCUT2D eigenvalue weighted by molar-refractivity contribution is -0.129. The number of carbonyl (C=O) groups is 1. The van der Waals surface area contributed by atoms with E-state index in [2.05, 4.69) is 5.32 Å². The van der Waals surface area contributed by atoms with Gasteiger partial charge in [-0.1, -0.05) is 42.5 Å². The van der Waals surface area contributed by atoms with E-state index >= 15 is 0 Å². The van der Waals surface area contributed by atoms with E-state index < -0.39 is 11.7 Å². The third-order valence-electron chi connectivity index (χ3n) is 3.68. The number of benzene rings is 2. The molecule has 0 saturated carbocycles. The molecule has 25 heavy (non-hydrogen) atoms. The molecule has 0 fully saturated rings. The minimum absolute atomic E-state index is 0.0760. The Balaban J connectivity index is 2.19. The van der Waals surface area contributed by atoms with Crippen molar-refractivity contribution in [2.24, 2.45) is 0 Å². The van der Waals surface area contributed by atoms with Crippen LogP contribution in [0.2, 0.25) is 0 Å². The maximum atomic E-state index is 13.6. The van der Waals surface area contributed by atoms with Crippen LogP contribution in [0.1, 0.15) is 19.4 Å². The average molecular weight is 337 g/mol. The van der Waals surface area contributed by atoms with Crippen LogP contribution < -0.4 is 5.32 Å². The topological polar surface area (TPSA) is 56.1 Å². The summed E-state index contributed by atoms with van der Waals surface area (Å²) in [4.78, 5) is 14.3. The van der Waals surface area contributed by atoms with Gasteiger partial charge in [0, 0.05) is 18.8 Å². The number of nitriles is 1. The van der Waals surface area contributed by atoms with Crippen molar-refractivity contribution >= 4 is 11.6 Å². The molecule has 2 rings (SSSR count). The molecule has 0 aliphatic heterocycles. The maximum absolute atomic E-state index is 13.6. The highest BCUT2D eigenvalue weighted by Crippen LogP contribution is 2.15. The Morgan fingerprint density at radius 3 is 2.44 bits per heavy atom. The Bertz CT molecular complexity index is 794. The smallest absolute Gasteiger partial charge is 0.266 e. The number of nitrogens with zero attached hydrogens (tertiary/aromatic N) is 2.